The van der Waals surface area contributed by atoms with Gasteiger partial charge in [-0.05, 0) is 36.4 Å². The smallest absolute Gasteiger partial charge is 0.254 e. The van der Waals surface area contributed by atoms with Crippen molar-refractivity contribution in [3.05, 3.63) is 46.5 Å². The lowest BCUT2D eigenvalue weighted by atomic mass is 10.2. The van der Waals surface area contributed by atoms with Crippen LogP contribution in [0.15, 0.2) is 35.2 Å². The Morgan fingerprint density at radius 1 is 1.42 bits per heavy atom. The summed E-state index contributed by atoms with van der Waals surface area (Å²) < 4.78 is 2.26. The second kappa shape index (κ2) is 6.36. The number of pyridine rings is 1. The molecule has 0 aliphatic carbocycles. The first-order chi connectivity index (χ1) is 11.8. The fourth-order valence-electron chi connectivity index (χ4n) is 3.47. The highest BCUT2D eigenvalue weighted by Crippen LogP contribution is 2.29. The molecule has 1 saturated heterocycles. The van der Waals surface area contributed by atoms with Gasteiger partial charge in [-0.25, -0.2) is 9.97 Å². The fraction of sp³-hybridized carbons (Fsp3) is 0.389. The first-order valence-corrected chi connectivity index (χ1v) is 9.35. The molecule has 1 aliphatic heterocycles. The summed E-state index contributed by atoms with van der Waals surface area (Å²) in [5.74, 6) is 1.22. The Morgan fingerprint density at radius 3 is 3.12 bits per heavy atom. The minimum Gasteiger partial charge on any atom is -0.336 e. The minimum atomic E-state index is 0.133. The molecule has 1 atom stereocenters. The van der Waals surface area contributed by atoms with Crippen molar-refractivity contribution in [2.75, 3.05) is 13.1 Å². The largest absolute Gasteiger partial charge is 0.336 e. The number of hydrogen-bond donors (Lipinski definition) is 0. The molecule has 0 radical (unpaired) electrons. The monoisotopic (exact) mass is 340 g/mol. The Hall–Kier alpha value is -2.21. The van der Waals surface area contributed by atoms with Crippen molar-refractivity contribution in [2.24, 2.45) is 0 Å². The highest BCUT2D eigenvalue weighted by atomic mass is 32.1. The molecular formula is C18H20N4OS. The van der Waals surface area contributed by atoms with Crippen molar-refractivity contribution in [3.8, 4) is 0 Å². The van der Waals surface area contributed by atoms with E-state index >= 15 is 0 Å². The molecule has 3 aromatic rings. The van der Waals surface area contributed by atoms with Crippen molar-refractivity contribution in [1.29, 1.82) is 0 Å². The first-order valence-electron chi connectivity index (χ1n) is 8.41. The van der Waals surface area contributed by atoms with Crippen LogP contribution in [0.25, 0.3) is 11.2 Å². The number of rotatable bonds is 4. The molecule has 0 bridgehead atoms. The quantitative estimate of drug-likeness (QED) is 0.730. The average Bonchev–Trinajstić information content (AvgIpc) is 3.33. The number of carbonyl (C=O) groups excluding carboxylic acids is 1. The zero-order valence-electron chi connectivity index (χ0n) is 13.7. The third-order valence-corrected chi connectivity index (χ3v) is 5.26. The molecule has 124 valence electrons. The molecule has 0 unspecified atom stereocenters. The molecule has 1 amide bonds. The Labute approximate surface area is 145 Å². The number of imidazole rings is 1. The number of likely N-dealkylation sites (tertiary alicyclic amines) is 1. The van der Waals surface area contributed by atoms with Crippen molar-refractivity contribution in [2.45, 2.75) is 32.2 Å². The molecule has 0 spiro atoms. The molecule has 0 aromatic carbocycles. The van der Waals surface area contributed by atoms with Crippen LogP contribution in [0.5, 0.6) is 0 Å². The van der Waals surface area contributed by atoms with Gasteiger partial charge in [0.1, 0.15) is 11.3 Å². The zero-order valence-corrected chi connectivity index (χ0v) is 14.5. The molecular weight excluding hydrogens is 320 g/mol. The van der Waals surface area contributed by atoms with Crippen LogP contribution in [0.4, 0.5) is 0 Å². The molecule has 1 fully saturated rings. The van der Waals surface area contributed by atoms with Crippen molar-refractivity contribution in [1.82, 2.24) is 19.4 Å². The highest BCUT2D eigenvalue weighted by molar-refractivity contribution is 7.08. The maximum absolute atomic E-state index is 12.6. The van der Waals surface area contributed by atoms with Gasteiger partial charge in [-0.15, -0.1) is 0 Å². The third kappa shape index (κ3) is 2.60. The normalized spacial score (nSPS) is 17.7. The van der Waals surface area contributed by atoms with Gasteiger partial charge in [-0.3, -0.25) is 4.79 Å². The van der Waals surface area contributed by atoms with Gasteiger partial charge in [0.2, 0.25) is 0 Å². The van der Waals surface area contributed by atoms with Gasteiger partial charge in [-0.2, -0.15) is 11.3 Å². The summed E-state index contributed by atoms with van der Waals surface area (Å²) in [6.45, 7) is 3.68. The van der Waals surface area contributed by atoms with Crippen molar-refractivity contribution in [3.63, 3.8) is 0 Å². The summed E-state index contributed by atoms with van der Waals surface area (Å²) in [5.41, 5.74) is 2.68. The molecule has 4 rings (SSSR count). The molecule has 0 N–H and O–H groups in total. The van der Waals surface area contributed by atoms with Gasteiger partial charge in [0.15, 0.2) is 5.65 Å². The molecule has 4 heterocycles. The molecule has 24 heavy (non-hydrogen) atoms. The Kier molecular flexibility index (Phi) is 4.06. The van der Waals surface area contributed by atoms with Crippen LogP contribution in [-0.4, -0.2) is 38.4 Å². The van der Waals surface area contributed by atoms with E-state index in [1.165, 1.54) is 0 Å². The number of aromatic nitrogens is 3. The second-order valence-electron chi connectivity index (χ2n) is 6.20. The maximum Gasteiger partial charge on any atom is 0.254 e. The van der Waals surface area contributed by atoms with E-state index in [-0.39, 0.29) is 11.9 Å². The highest BCUT2D eigenvalue weighted by Gasteiger charge is 2.30. The van der Waals surface area contributed by atoms with Gasteiger partial charge in [0.25, 0.3) is 5.91 Å². The third-order valence-electron chi connectivity index (χ3n) is 4.58. The lowest BCUT2D eigenvalue weighted by Crippen LogP contribution is -2.29. The van der Waals surface area contributed by atoms with Crippen LogP contribution >= 0.6 is 11.3 Å². The molecule has 0 saturated carbocycles. The van der Waals surface area contributed by atoms with E-state index in [1.54, 1.807) is 11.3 Å². The minimum absolute atomic E-state index is 0.133. The van der Waals surface area contributed by atoms with Crippen LogP contribution in [-0.2, 0) is 6.42 Å². The van der Waals surface area contributed by atoms with Gasteiger partial charge < -0.3 is 9.47 Å². The van der Waals surface area contributed by atoms with Crippen LogP contribution in [0, 0.1) is 0 Å². The Bertz CT molecular complexity index is 855. The van der Waals surface area contributed by atoms with Crippen molar-refractivity contribution >= 4 is 28.4 Å². The van der Waals surface area contributed by atoms with E-state index in [2.05, 4.69) is 16.5 Å². The van der Waals surface area contributed by atoms with E-state index in [0.717, 1.165) is 54.9 Å². The maximum atomic E-state index is 12.6. The predicted octanol–water partition coefficient (Wildman–Crippen LogP) is 3.53. The number of aryl methyl sites for hydroxylation is 1. The predicted molar refractivity (Wildman–Crippen MR) is 95.4 cm³/mol. The number of hydrogen-bond acceptors (Lipinski definition) is 4. The Balaban J connectivity index is 1.64. The summed E-state index contributed by atoms with van der Waals surface area (Å²) in [6.07, 6.45) is 4.76. The average molecular weight is 340 g/mol. The Morgan fingerprint density at radius 2 is 2.33 bits per heavy atom. The van der Waals surface area contributed by atoms with E-state index in [1.807, 2.05) is 40.1 Å². The first kappa shape index (κ1) is 15.3. The second-order valence-corrected chi connectivity index (χ2v) is 6.98. The van der Waals surface area contributed by atoms with Crippen LogP contribution in [0.1, 0.15) is 42.0 Å². The SMILES string of the molecule is CCCc1nc2cccnc2n1[C@H]1CCN(C(=O)c2ccsc2)C1. The molecule has 1 aliphatic rings. The van der Waals surface area contributed by atoms with E-state index in [9.17, 15) is 4.79 Å². The van der Waals surface area contributed by atoms with Gasteiger partial charge in [0.05, 0.1) is 11.6 Å². The standard InChI is InChI=1S/C18H20N4OS/c1-2-4-16-20-15-5-3-8-19-17(15)22(16)14-6-9-21(11-14)18(23)13-7-10-24-12-13/h3,5,7-8,10,12,14H,2,4,6,9,11H2,1H3/t14-/m0/s1. The topological polar surface area (TPSA) is 51.0 Å². The van der Waals surface area contributed by atoms with Crippen molar-refractivity contribution < 1.29 is 4.79 Å². The lowest BCUT2D eigenvalue weighted by Gasteiger charge is -2.18. The lowest BCUT2D eigenvalue weighted by molar-refractivity contribution is 0.0788. The summed E-state index contributed by atoms with van der Waals surface area (Å²) in [6, 6.07) is 6.10. The van der Waals surface area contributed by atoms with Gasteiger partial charge in [0, 0.05) is 31.1 Å². The number of nitrogens with zero attached hydrogens (tertiary/aromatic N) is 4. The fourth-order valence-corrected chi connectivity index (χ4v) is 4.10. The molecule has 5 nitrogen and oxygen atoms in total. The molecule has 6 heteroatoms. The summed E-state index contributed by atoms with van der Waals surface area (Å²) >= 11 is 1.56. The van der Waals surface area contributed by atoms with E-state index < -0.39 is 0 Å². The number of fused-ring (bicyclic) bond motifs is 1. The van der Waals surface area contributed by atoms with Gasteiger partial charge in [-0.1, -0.05) is 6.92 Å². The van der Waals surface area contributed by atoms with E-state index in [0.29, 0.717) is 0 Å². The molecule has 3 aromatic heterocycles. The van der Waals surface area contributed by atoms with Gasteiger partial charge >= 0.3 is 0 Å². The van der Waals surface area contributed by atoms with E-state index in [4.69, 9.17) is 4.98 Å². The number of thiophene rings is 1. The summed E-state index contributed by atoms with van der Waals surface area (Å²) in [5, 5.41) is 3.87. The van der Waals surface area contributed by atoms with Crippen LogP contribution in [0.3, 0.4) is 0 Å². The van der Waals surface area contributed by atoms with Crippen LogP contribution < -0.4 is 0 Å². The summed E-state index contributed by atoms with van der Waals surface area (Å²) in [7, 11) is 0. The van der Waals surface area contributed by atoms with Crippen LogP contribution in [0.2, 0.25) is 0 Å². The number of carbonyl (C=O) groups is 1. The summed E-state index contributed by atoms with van der Waals surface area (Å²) in [4.78, 5) is 23.9. The number of amides is 1. The zero-order chi connectivity index (χ0) is 16.5.